The highest BCUT2D eigenvalue weighted by molar-refractivity contribution is 14.1. The molecule has 0 atom stereocenters. The number of carbonyl (C=O) groups is 1. The van der Waals surface area contributed by atoms with Gasteiger partial charge in [-0.1, -0.05) is 34.5 Å². The van der Waals surface area contributed by atoms with Gasteiger partial charge in [0.2, 0.25) is 0 Å². The summed E-state index contributed by atoms with van der Waals surface area (Å²) in [6, 6.07) is 16.0. The molecule has 0 aliphatic carbocycles. The number of hydrogen-bond donors (Lipinski definition) is 1. The maximum absolute atomic E-state index is 13.1. The first kappa shape index (κ1) is 27.0. The van der Waals surface area contributed by atoms with E-state index in [1.807, 2.05) is 31.2 Å². The second kappa shape index (κ2) is 12.0. The normalized spacial score (nSPS) is 11.2. The standard InChI is InChI=1S/C25H18BrClI2N4O3/c1-2-22-32-21-8-3-15(26)11-18(21)25(35)33(22)30-12-14-9-19(28)24(20(29)10-14)36-13-23(34)31-17-6-4-16(27)5-7-17/h3-12H,2,13H2,1H3,(H,31,34). The van der Waals surface area contributed by atoms with Crippen molar-refractivity contribution < 1.29 is 9.53 Å². The number of fused-ring (bicyclic) bond motifs is 1. The van der Waals surface area contributed by atoms with E-state index in [1.165, 1.54) is 4.68 Å². The number of rotatable bonds is 7. The first-order chi connectivity index (χ1) is 17.2. The Labute approximate surface area is 247 Å². The Morgan fingerprint density at radius 2 is 1.86 bits per heavy atom. The molecule has 1 amide bonds. The molecule has 0 bridgehead atoms. The highest BCUT2D eigenvalue weighted by Gasteiger charge is 2.13. The van der Waals surface area contributed by atoms with Crippen molar-refractivity contribution in [3.63, 3.8) is 0 Å². The van der Waals surface area contributed by atoms with Crippen LogP contribution in [0.25, 0.3) is 10.9 Å². The minimum absolute atomic E-state index is 0.143. The first-order valence-electron chi connectivity index (χ1n) is 10.7. The van der Waals surface area contributed by atoms with Gasteiger partial charge in [-0.2, -0.15) is 9.78 Å². The summed E-state index contributed by atoms with van der Waals surface area (Å²) >= 11 is 13.6. The van der Waals surface area contributed by atoms with Crippen LogP contribution in [-0.2, 0) is 11.2 Å². The summed E-state index contributed by atoms with van der Waals surface area (Å²) in [5.41, 5.74) is 1.83. The van der Waals surface area contributed by atoms with Gasteiger partial charge in [-0.25, -0.2) is 4.98 Å². The van der Waals surface area contributed by atoms with Crippen LogP contribution in [0.2, 0.25) is 5.02 Å². The van der Waals surface area contributed by atoms with Gasteiger partial charge in [0.05, 0.1) is 24.3 Å². The van der Waals surface area contributed by atoms with Gasteiger partial charge in [-0.3, -0.25) is 9.59 Å². The lowest BCUT2D eigenvalue weighted by Gasteiger charge is -2.12. The van der Waals surface area contributed by atoms with E-state index < -0.39 is 0 Å². The molecule has 4 aromatic rings. The molecule has 1 heterocycles. The number of nitrogens with zero attached hydrogens (tertiary/aromatic N) is 3. The maximum Gasteiger partial charge on any atom is 0.282 e. The lowest BCUT2D eigenvalue weighted by atomic mass is 10.2. The van der Waals surface area contributed by atoms with Crippen LogP contribution in [0.4, 0.5) is 5.69 Å². The largest absolute Gasteiger partial charge is 0.482 e. The summed E-state index contributed by atoms with van der Waals surface area (Å²) in [6.45, 7) is 1.79. The van der Waals surface area contributed by atoms with E-state index in [-0.39, 0.29) is 18.1 Å². The monoisotopic (exact) mass is 790 g/mol. The molecule has 0 spiro atoms. The van der Waals surface area contributed by atoms with Gasteiger partial charge >= 0.3 is 0 Å². The lowest BCUT2D eigenvalue weighted by Crippen LogP contribution is -2.22. The number of anilines is 1. The van der Waals surface area contributed by atoms with Gasteiger partial charge in [0, 0.05) is 21.6 Å². The molecule has 3 aromatic carbocycles. The topological polar surface area (TPSA) is 85.6 Å². The van der Waals surface area contributed by atoms with Gasteiger partial charge < -0.3 is 10.1 Å². The SMILES string of the molecule is CCc1nc2ccc(Br)cc2c(=O)n1N=Cc1cc(I)c(OCC(=O)Nc2ccc(Cl)cc2)c(I)c1. The Hall–Kier alpha value is -2.03. The fraction of sp³-hybridized carbons (Fsp3) is 0.120. The molecular weight excluding hydrogens is 773 g/mol. The summed E-state index contributed by atoms with van der Waals surface area (Å²) in [7, 11) is 0. The molecule has 11 heteroatoms. The van der Waals surface area contributed by atoms with E-state index in [0.717, 1.165) is 17.2 Å². The summed E-state index contributed by atoms with van der Waals surface area (Å²) in [4.78, 5) is 30.0. The molecule has 0 saturated carbocycles. The van der Waals surface area contributed by atoms with Crippen molar-refractivity contribution in [1.82, 2.24) is 9.66 Å². The Morgan fingerprint density at radius 3 is 2.53 bits per heavy atom. The third kappa shape index (κ3) is 6.45. The highest BCUT2D eigenvalue weighted by Crippen LogP contribution is 2.28. The van der Waals surface area contributed by atoms with E-state index in [9.17, 15) is 9.59 Å². The molecule has 0 saturated heterocycles. The summed E-state index contributed by atoms with van der Waals surface area (Å²) < 4.78 is 9.54. The Morgan fingerprint density at radius 1 is 1.17 bits per heavy atom. The summed E-state index contributed by atoms with van der Waals surface area (Å²) in [6.07, 6.45) is 2.17. The van der Waals surface area contributed by atoms with Gasteiger partial charge in [0.1, 0.15) is 11.6 Å². The van der Waals surface area contributed by atoms with Gasteiger partial charge in [-0.15, -0.1) is 0 Å². The lowest BCUT2D eigenvalue weighted by molar-refractivity contribution is -0.118. The maximum atomic E-state index is 13.1. The number of aromatic nitrogens is 2. The molecule has 0 aliphatic rings. The van der Waals surface area contributed by atoms with Crippen LogP contribution < -0.4 is 15.6 Å². The van der Waals surface area contributed by atoms with Gasteiger partial charge in [-0.05, 0) is 105 Å². The number of nitrogens with one attached hydrogen (secondary N) is 1. The Balaban J connectivity index is 1.52. The van der Waals surface area contributed by atoms with Crippen molar-refractivity contribution in [3.05, 3.63) is 93.0 Å². The van der Waals surface area contributed by atoms with Crippen molar-refractivity contribution >= 4 is 101 Å². The van der Waals surface area contributed by atoms with Crippen LogP contribution in [0.1, 0.15) is 18.3 Å². The number of amides is 1. The van der Waals surface area contributed by atoms with E-state index in [1.54, 1.807) is 36.5 Å². The highest BCUT2D eigenvalue weighted by atomic mass is 127. The molecule has 0 radical (unpaired) electrons. The van der Waals surface area contributed by atoms with Gasteiger partial charge in [0.15, 0.2) is 6.61 Å². The van der Waals surface area contributed by atoms with Crippen LogP contribution in [-0.4, -0.2) is 28.4 Å². The quantitative estimate of drug-likeness (QED) is 0.172. The van der Waals surface area contributed by atoms with Crippen LogP contribution >= 0.6 is 72.7 Å². The van der Waals surface area contributed by atoms with Gasteiger partial charge in [0.25, 0.3) is 11.5 Å². The van der Waals surface area contributed by atoms with Crippen molar-refractivity contribution in [2.75, 3.05) is 11.9 Å². The van der Waals surface area contributed by atoms with Crippen LogP contribution in [0.5, 0.6) is 5.75 Å². The van der Waals surface area contributed by atoms with Crippen molar-refractivity contribution in [3.8, 4) is 5.75 Å². The van der Waals surface area contributed by atoms with E-state index in [4.69, 9.17) is 16.3 Å². The smallest absolute Gasteiger partial charge is 0.282 e. The third-order valence-corrected chi connectivity index (χ3v) is 7.36. The minimum atomic E-state index is -0.281. The number of ether oxygens (including phenoxy) is 1. The number of benzene rings is 3. The minimum Gasteiger partial charge on any atom is -0.482 e. The zero-order valence-electron chi connectivity index (χ0n) is 18.8. The van der Waals surface area contributed by atoms with Crippen molar-refractivity contribution in [1.29, 1.82) is 0 Å². The fourth-order valence-electron chi connectivity index (χ4n) is 3.33. The predicted octanol–water partition coefficient (Wildman–Crippen LogP) is 6.48. The molecule has 1 N–H and O–H groups in total. The molecule has 4 rings (SSSR count). The third-order valence-electron chi connectivity index (χ3n) is 5.01. The molecule has 36 heavy (non-hydrogen) atoms. The zero-order chi connectivity index (χ0) is 25.8. The predicted molar refractivity (Wildman–Crippen MR) is 164 cm³/mol. The van der Waals surface area contributed by atoms with Crippen molar-refractivity contribution in [2.24, 2.45) is 5.10 Å². The molecule has 7 nitrogen and oxygen atoms in total. The van der Waals surface area contributed by atoms with Crippen LogP contribution in [0, 0.1) is 7.14 Å². The van der Waals surface area contributed by atoms with E-state index >= 15 is 0 Å². The number of halogens is 4. The van der Waals surface area contributed by atoms with Crippen molar-refractivity contribution in [2.45, 2.75) is 13.3 Å². The molecular formula is C25H18BrClI2N4O3. The Kier molecular flexibility index (Phi) is 9.01. The number of hydrogen-bond acceptors (Lipinski definition) is 5. The molecule has 0 aliphatic heterocycles. The average Bonchev–Trinajstić information content (AvgIpc) is 2.84. The fourth-order valence-corrected chi connectivity index (χ4v) is 5.94. The number of carbonyl (C=O) groups excluding carboxylic acids is 1. The molecule has 1 aromatic heterocycles. The average molecular weight is 792 g/mol. The Bertz CT molecular complexity index is 1520. The molecule has 0 fully saturated rings. The second-order valence-electron chi connectivity index (χ2n) is 7.56. The molecule has 184 valence electrons. The van der Waals surface area contributed by atoms with E-state index in [0.29, 0.717) is 39.6 Å². The molecule has 0 unspecified atom stereocenters. The summed E-state index contributed by atoms with van der Waals surface area (Å²) in [5.74, 6) is 0.891. The van der Waals surface area contributed by atoms with E-state index in [2.05, 4.69) is 76.5 Å². The second-order valence-corrected chi connectivity index (χ2v) is 11.2. The zero-order valence-corrected chi connectivity index (χ0v) is 25.4. The number of aryl methyl sites for hydroxylation is 1. The first-order valence-corrected chi connectivity index (χ1v) is 14.0. The summed E-state index contributed by atoms with van der Waals surface area (Å²) in [5, 5.41) is 8.30. The van der Waals surface area contributed by atoms with Crippen LogP contribution in [0.15, 0.2) is 69.0 Å². The van der Waals surface area contributed by atoms with Crippen LogP contribution in [0.3, 0.4) is 0 Å².